The lowest BCUT2D eigenvalue weighted by Gasteiger charge is -2.16. The Hall–Kier alpha value is -2.76. The Kier molecular flexibility index (Phi) is 6.52. The van der Waals surface area contributed by atoms with Gasteiger partial charge in [-0.05, 0) is 68.1 Å². The van der Waals surface area contributed by atoms with Gasteiger partial charge >= 0.3 is 0 Å². The quantitative estimate of drug-likeness (QED) is 0.712. The van der Waals surface area contributed by atoms with Crippen molar-refractivity contribution in [3.63, 3.8) is 0 Å². The summed E-state index contributed by atoms with van der Waals surface area (Å²) >= 11 is 0. The highest BCUT2D eigenvalue weighted by molar-refractivity contribution is 5.94. The van der Waals surface area contributed by atoms with Gasteiger partial charge in [0, 0.05) is 5.56 Å². The average molecular weight is 373 g/mol. The Morgan fingerprint density at radius 1 is 1.11 bits per heavy atom. The Labute approximate surface area is 158 Å². The molecule has 0 saturated heterocycles. The number of halogens is 1. The number of hydrogen-bond donors (Lipinski definition) is 1. The number of methoxy groups -OCH3 is 1. The van der Waals surface area contributed by atoms with Crippen LogP contribution in [-0.2, 0) is 0 Å². The van der Waals surface area contributed by atoms with Crippen molar-refractivity contribution in [1.82, 2.24) is 5.32 Å². The molecule has 0 radical (unpaired) electrons. The highest BCUT2D eigenvalue weighted by atomic mass is 19.1. The smallest absolute Gasteiger partial charge is 0.251 e. The largest absolute Gasteiger partial charge is 0.493 e. The van der Waals surface area contributed by atoms with E-state index in [2.05, 4.69) is 5.32 Å². The third-order valence-corrected chi connectivity index (χ3v) is 4.49. The normalized spacial score (nSPS) is 14.0. The molecule has 3 rings (SSSR count). The van der Waals surface area contributed by atoms with E-state index < -0.39 is 0 Å². The number of hydrogen-bond acceptors (Lipinski definition) is 4. The molecule has 1 N–H and O–H groups in total. The maximum Gasteiger partial charge on any atom is 0.251 e. The van der Waals surface area contributed by atoms with Crippen molar-refractivity contribution in [2.24, 2.45) is 0 Å². The summed E-state index contributed by atoms with van der Waals surface area (Å²) in [5, 5.41) is 2.79. The van der Waals surface area contributed by atoms with Gasteiger partial charge in [-0.25, -0.2) is 4.39 Å². The number of benzene rings is 2. The number of carbonyl (C=O) groups is 1. The van der Waals surface area contributed by atoms with Gasteiger partial charge in [-0.2, -0.15) is 0 Å². The molecule has 2 aromatic rings. The first-order valence-corrected chi connectivity index (χ1v) is 9.17. The molecule has 6 heteroatoms. The van der Waals surface area contributed by atoms with Crippen LogP contribution >= 0.6 is 0 Å². The predicted octanol–water partition coefficient (Wildman–Crippen LogP) is 3.96. The molecule has 1 fully saturated rings. The monoisotopic (exact) mass is 373 g/mol. The lowest BCUT2D eigenvalue weighted by atomic mass is 10.2. The minimum Gasteiger partial charge on any atom is -0.493 e. The second kappa shape index (κ2) is 9.26. The fraction of sp³-hybridized carbons (Fsp3) is 0.381. The van der Waals surface area contributed by atoms with E-state index in [4.69, 9.17) is 14.2 Å². The highest BCUT2D eigenvalue weighted by Crippen LogP contribution is 2.32. The van der Waals surface area contributed by atoms with Crippen LogP contribution < -0.4 is 19.5 Å². The Bertz CT molecular complexity index is 757. The summed E-state index contributed by atoms with van der Waals surface area (Å²) in [5.41, 5.74) is 0.493. The van der Waals surface area contributed by atoms with E-state index in [0.29, 0.717) is 29.4 Å². The third-order valence-electron chi connectivity index (χ3n) is 4.49. The van der Waals surface area contributed by atoms with Crippen LogP contribution in [0.25, 0.3) is 0 Å². The average Bonchev–Trinajstić information content (AvgIpc) is 3.20. The van der Waals surface area contributed by atoms with Crippen molar-refractivity contribution in [3.8, 4) is 17.2 Å². The predicted molar refractivity (Wildman–Crippen MR) is 100 cm³/mol. The number of carbonyl (C=O) groups excluding carboxylic acids is 1. The highest BCUT2D eigenvalue weighted by Gasteiger charge is 2.19. The zero-order valence-corrected chi connectivity index (χ0v) is 15.4. The van der Waals surface area contributed by atoms with E-state index in [-0.39, 0.29) is 24.4 Å². The van der Waals surface area contributed by atoms with Crippen molar-refractivity contribution in [2.75, 3.05) is 20.3 Å². The van der Waals surface area contributed by atoms with E-state index in [1.54, 1.807) is 37.4 Å². The van der Waals surface area contributed by atoms with Crippen LogP contribution in [0.1, 0.15) is 36.0 Å². The Balaban J connectivity index is 1.50. The van der Waals surface area contributed by atoms with E-state index >= 15 is 0 Å². The maximum atomic E-state index is 12.8. The molecular weight excluding hydrogens is 349 g/mol. The lowest BCUT2D eigenvalue weighted by Crippen LogP contribution is -2.28. The van der Waals surface area contributed by atoms with Gasteiger partial charge in [0.05, 0.1) is 19.8 Å². The van der Waals surface area contributed by atoms with Gasteiger partial charge in [0.15, 0.2) is 11.5 Å². The van der Waals surface area contributed by atoms with Crippen LogP contribution in [0.5, 0.6) is 17.2 Å². The van der Waals surface area contributed by atoms with Crippen molar-refractivity contribution in [1.29, 1.82) is 0 Å². The first-order chi connectivity index (χ1) is 13.2. The van der Waals surface area contributed by atoms with Crippen LogP contribution in [0.3, 0.4) is 0 Å². The summed E-state index contributed by atoms with van der Waals surface area (Å²) in [4.78, 5) is 12.3. The molecule has 0 bridgehead atoms. The van der Waals surface area contributed by atoms with Gasteiger partial charge in [0.1, 0.15) is 18.2 Å². The fourth-order valence-electron chi connectivity index (χ4n) is 3.06. The molecule has 1 amide bonds. The van der Waals surface area contributed by atoms with Gasteiger partial charge in [-0.3, -0.25) is 4.79 Å². The van der Waals surface area contributed by atoms with Crippen LogP contribution in [0.4, 0.5) is 4.39 Å². The third kappa shape index (κ3) is 5.36. The van der Waals surface area contributed by atoms with Gasteiger partial charge < -0.3 is 19.5 Å². The van der Waals surface area contributed by atoms with Crippen LogP contribution in [0.15, 0.2) is 42.5 Å². The zero-order valence-electron chi connectivity index (χ0n) is 15.4. The van der Waals surface area contributed by atoms with E-state index in [1.807, 2.05) is 0 Å². The summed E-state index contributed by atoms with van der Waals surface area (Å²) in [6.07, 6.45) is 4.71. The molecule has 0 unspecified atom stereocenters. The first-order valence-electron chi connectivity index (χ1n) is 9.17. The standard InChI is InChI=1S/C21H24FNO4/c1-25-20-14-15(6-11-19(20)27-18-4-2-3-5-18)21(24)23-12-13-26-17-9-7-16(22)8-10-17/h6-11,14,18H,2-5,12-13H2,1H3,(H,23,24). The molecule has 27 heavy (non-hydrogen) atoms. The number of rotatable bonds is 8. The Morgan fingerprint density at radius 3 is 2.56 bits per heavy atom. The lowest BCUT2D eigenvalue weighted by molar-refractivity contribution is 0.0946. The number of ether oxygens (including phenoxy) is 3. The van der Waals surface area contributed by atoms with Gasteiger partial charge in [0.2, 0.25) is 0 Å². The van der Waals surface area contributed by atoms with Crippen molar-refractivity contribution in [3.05, 3.63) is 53.8 Å². The first kappa shape index (κ1) is 19.0. The van der Waals surface area contributed by atoms with Crippen molar-refractivity contribution in [2.45, 2.75) is 31.8 Å². The van der Waals surface area contributed by atoms with Crippen LogP contribution in [0, 0.1) is 5.82 Å². The molecule has 1 aliphatic rings. The molecule has 1 saturated carbocycles. The number of amides is 1. The molecular formula is C21H24FNO4. The zero-order chi connectivity index (χ0) is 19.1. The molecule has 5 nitrogen and oxygen atoms in total. The van der Waals surface area contributed by atoms with Gasteiger partial charge in [-0.15, -0.1) is 0 Å². The molecule has 0 spiro atoms. The molecule has 0 aromatic heterocycles. The van der Waals surface area contributed by atoms with Crippen molar-refractivity contribution < 1.29 is 23.4 Å². The van der Waals surface area contributed by atoms with E-state index in [1.165, 1.54) is 25.0 Å². The minimum absolute atomic E-state index is 0.219. The SMILES string of the molecule is COc1cc(C(=O)NCCOc2ccc(F)cc2)ccc1OC1CCCC1. The summed E-state index contributed by atoms with van der Waals surface area (Å²) in [5.74, 6) is 1.24. The molecule has 0 heterocycles. The summed E-state index contributed by atoms with van der Waals surface area (Å²) in [7, 11) is 1.56. The van der Waals surface area contributed by atoms with E-state index in [9.17, 15) is 9.18 Å². The van der Waals surface area contributed by atoms with Gasteiger partial charge in [-0.1, -0.05) is 0 Å². The Morgan fingerprint density at radius 2 is 1.85 bits per heavy atom. The molecule has 2 aromatic carbocycles. The molecule has 0 atom stereocenters. The van der Waals surface area contributed by atoms with Crippen molar-refractivity contribution >= 4 is 5.91 Å². The molecule has 1 aliphatic carbocycles. The van der Waals surface area contributed by atoms with E-state index in [0.717, 1.165) is 12.8 Å². The maximum absolute atomic E-state index is 12.8. The summed E-state index contributed by atoms with van der Waals surface area (Å²) in [6, 6.07) is 10.9. The molecule has 0 aliphatic heterocycles. The topological polar surface area (TPSA) is 56.8 Å². The minimum atomic E-state index is -0.315. The second-order valence-corrected chi connectivity index (χ2v) is 6.45. The van der Waals surface area contributed by atoms with Crippen LogP contribution in [-0.4, -0.2) is 32.3 Å². The van der Waals surface area contributed by atoms with Gasteiger partial charge in [0.25, 0.3) is 5.91 Å². The second-order valence-electron chi connectivity index (χ2n) is 6.45. The summed E-state index contributed by atoms with van der Waals surface area (Å²) in [6.45, 7) is 0.621. The fourth-order valence-corrected chi connectivity index (χ4v) is 3.06. The molecule has 144 valence electrons. The summed E-state index contributed by atoms with van der Waals surface area (Å²) < 4.78 is 29.7. The van der Waals surface area contributed by atoms with Crippen LogP contribution in [0.2, 0.25) is 0 Å². The number of nitrogens with one attached hydrogen (secondary N) is 1.